The number of hydrogen-bond donors (Lipinski definition) is 2. The number of amides is 2. The highest BCUT2D eigenvalue weighted by molar-refractivity contribution is 5.75. The Morgan fingerprint density at radius 2 is 2.11 bits per heavy atom. The summed E-state index contributed by atoms with van der Waals surface area (Å²) in [6, 6.07) is 0.0281. The van der Waals surface area contributed by atoms with Crippen LogP contribution in [0.25, 0.3) is 0 Å². The molecule has 19 heavy (non-hydrogen) atoms. The minimum atomic E-state index is -0.225. The van der Waals surface area contributed by atoms with Gasteiger partial charge >= 0.3 is 6.03 Å². The third kappa shape index (κ3) is 4.08. The molecule has 5 nitrogen and oxygen atoms in total. The molecular weight excluding hydrogens is 244 g/mol. The monoisotopic (exact) mass is 270 g/mol. The van der Waals surface area contributed by atoms with Gasteiger partial charge in [0, 0.05) is 13.7 Å². The number of ether oxygens (including phenoxy) is 2. The third-order valence-corrected chi connectivity index (χ3v) is 4.21. The van der Waals surface area contributed by atoms with Crippen molar-refractivity contribution in [2.45, 2.75) is 63.1 Å². The first kappa shape index (κ1) is 14.6. The van der Waals surface area contributed by atoms with E-state index in [4.69, 9.17) is 9.47 Å². The number of nitrogens with one attached hydrogen (secondary N) is 2. The summed E-state index contributed by atoms with van der Waals surface area (Å²) in [5, 5.41) is 6.12. The van der Waals surface area contributed by atoms with Crippen LogP contribution < -0.4 is 10.6 Å². The Labute approximate surface area is 115 Å². The van der Waals surface area contributed by atoms with Gasteiger partial charge in [-0.3, -0.25) is 0 Å². The molecule has 0 aromatic heterocycles. The Hall–Kier alpha value is -0.810. The van der Waals surface area contributed by atoms with Crippen LogP contribution in [0.2, 0.25) is 0 Å². The fourth-order valence-corrected chi connectivity index (χ4v) is 2.97. The molecule has 3 atom stereocenters. The Kier molecular flexibility index (Phi) is 5.05. The first-order valence-electron chi connectivity index (χ1n) is 7.32. The normalized spacial score (nSPS) is 35.7. The second kappa shape index (κ2) is 6.57. The first-order chi connectivity index (χ1) is 9.13. The minimum absolute atomic E-state index is 0.0954. The number of rotatable bonds is 3. The SMILES string of the molecule is CO[C@H]1CCCCC[C@@H]1NC(=O)N[C@]1(C)CCOC1. The molecule has 0 aromatic rings. The van der Waals surface area contributed by atoms with Gasteiger partial charge in [0.05, 0.1) is 24.3 Å². The lowest BCUT2D eigenvalue weighted by atomic mass is 10.0. The fraction of sp³-hybridized carbons (Fsp3) is 0.929. The van der Waals surface area contributed by atoms with Gasteiger partial charge in [0.25, 0.3) is 0 Å². The van der Waals surface area contributed by atoms with Crippen molar-refractivity contribution in [2.24, 2.45) is 0 Å². The van der Waals surface area contributed by atoms with Crippen LogP contribution in [0.1, 0.15) is 45.4 Å². The predicted octanol–water partition coefficient (Wildman–Crippen LogP) is 1.81. The highest BCUT2D eigenvalue weighted by Gasteiger charge is 2.32. The van der Waals surface area contributed by atoms with E-state index in [-0.39, 0.29) is 23.7 Å². The molecule has 2 N–H and O–H groups in total. The number of hydrogen-bond acceptors (Lipinski definition) is 3. The van der Waals surface area contributed by atoms with Crippen LogP contribution in [0.5, 0.6) is 0 Å². The number of carbonyl (C=O) groups is 1. The van der Waals surface area contributed by atoms with Crippen LogP contribution in [-0.2, 0) is 9.47 Å². The zero-order chi connectivity index (χ0) is 13.7. The molecule has 2 amide bonds. The smallest absolute Gasteiger partial charge is 0.315 e. The Bertz CT molecular complexity index is 303. The summed E-state index contributed by atoms with van der Waals surface area (Å²) >= 11 is 0. The second-order valence-electron chi connectivity index (χ2n) is 5.98. The van der Waals surface area contributed by atoms with E-state index in [1.807, 2.05) is 6.92 Å². The summed E-state index contributed by atoms with van der Waals surface area (Å²) < 4.78 is 10.9. The molecule has 0 spiro atoms. The van der Waals surface area contributed by atoms with Crippen molar-refractivity contribution in [3.05, 3.63) is 0 Å². The van der Waals surface area contributed by atoms with Gasteiger partial charge in [0.15, 0.2) is 0 Å². The van der Waals surface area contributed by atoms with Crippen LogP contribution >= 0.6 is 0 Å². The van der Waals surface area contributed by atoms with Crippen LogP contribution in [-0.4, -0.2) is 44.0 Å². The molecule has 1 heterocycles. The number of methoxy groups -OCH3 is 1. The van der Waals surface area contributed by atoms with Crippen molar-refractivity contribution < 1.29 is 14.3 Å². The van der Waals surface area contributed by atoms with Crippen molar-refractivity contribution >= 4 is 6.03 Å². The van der Waals surface area contributed by atoms with Gasteiger partial charge in [-0.2, -0.15) is 0 Å². The summed E-state index contributed by atoms with van der Waals surface area (Å²) in [7, 11) is 1.73. The zero-order valence-electron chi connectivity index (χ0n) is 12.0. The molecule has 0 radical (unpaired) electrons. The molecule has 110 valence electrons. The molecule has 2 rings (SSSR count). The van der Waals surface area contributed by atoms with E-state index in [2.05, 4.69) is 10.6 Å². The molecule has 5 heteroatoms. The lowest BCUT2D eigenvalue weighted by Gasteiger charge is -2.28. The summed E-state index contributed by atoms with van der Waals surface area (Å²) in [5.74, 6) is 0. The van der Waals surface area contributed by atoms with Gasteiger partial charge in [-0.15, -0.1) is 0 Å². The number of urea groups is 1. The van der Waals surface area contributed by atoms with Gasteiger partial charge < -0.3 is 20.1 Å². The van der Waals surface area contributed by atoms with Gasteiger partial charge in [-0.1, -0.05) is 19.3 Å². The van der Waals surface area contributed by atoms with Crippen molar-refractivity contribution in [2.75, 3.05) is 20.3 Å². The quantitative estimate of drug-likeness (QED) is 0.769. The Balaban J connectivity index is 1.85. The molecular formula is C14H26N2O3. The second-order valence-corrected chi connectivity index (χ2v) is 5.98. The summed E-state index contributed by atoms with van der Waals surface area (Å²) in [6.07, 6.45) is 6.61. The molecule has 1 aliphatic carbocycles. The average Bonchev–Trinajstić information content (AvgIpc) is 2.66. The van der Waals surface area contributed by atoms with E-state index >= 15 is 0 Å². The van der Waals surface area contributed by atoms with Gasteiger partial charge in [0.1, 0.15) is 0 Å². The number of carbonyl (C=O) groups excluding carboxylic acids is 1. The van der Waals surface area contributed by atoms with Crippen LogP contribution in [0.4, 0.5) is 4.79 Å². The largest absolute Gasteiger partial charge is 0.379 e. The summed E-state index contributed by atoms with van der Waals surface area (Å²) in [5.41, 5.74) is -0.225. The van der Waals surface area contributed by atoms with Crippen molar-refractivity contribution in [3.8, 4) is 0 Å². The van der Waals surface area contributed by atoms with Crippen LogP contribution in [0.15, 0.2) is 0 Å². The van der Waals surface area contributed by atoms with Crippen molar-refractivity contribution in [1.82, 2.24) is 10.6 Å². The minimum Gasteiger partial charge on any atom is -0.379 e. The highest BCUT2D eigenvalue weighted by atomic mass is 16.5. The summed E-state index contributed by atoms with van der Waals surface area (Å²) in [4.78, 5) is 12.1. The first-order valence-corrected chi connectivity index (χ1v) is 7.32. The molecule has 0 unspecified atom stereocenters. The van der Waals surface area contributed by atoms with Crippen molar-refractivity contribution in [1.29, 1.82) is 0 Å². The maximum absolute atomic E-state index is 12.1. The topological polar surface area (TPSA) is 59.6 Å². The van der Waals surface area contributed by atoms with Gasteiger partial charge in [-0.25, -0.2) is 4.79 Å². The van der Waals surface area contributed by atoms with Gasteiger partial charge in [0.2, 0.25) is 0 Å². The lowest BCUT2D eigenvalue weighted by Crippen LogP contribution is -2.55. The lowest BCUT2D eigenvalue weighted by molar-refractivity contribution is 0.0654. The molecule has 1 aliphatic heterocycles. The summed E-state index contributed by atoms with van der Waals surface area (Å²) in [6.45, 7) is 3.35. The zero-order valence-corrected chi connectivity index (χ0v) is 12.0. The van der Waals surface area contributed by atoms with Crippen LogP contribution in [0, 0.1) is 0 Å². The van der Waals surface area contributed by atoms with Gasteiger partial charge in [-0.05, 0) is 26.2 Å². The Morgan fingerprint density at radius 1 is 1.32 bits per heavy atom. The van der Waals surface area contributed by atoms with E-state index in [9.17, 15) is 4.79 Å². The standard InChI is InChI=1S/C14H26N2O3/c1-14(8-9-19-10-14)16-13(17)15-11-6-4-3-5-7-12(11)18-2/h11-12H,3-10H2,1-2H3,(H2,15,16,17)/t11-,12-,14+/m0/s1. The fourth-order valence-electron chi connectivity index (χ4n) is 2.97. The maximum atomic E-state index is 12.1. The Morgan fingerprint density at radius 3 is 2.79 bits per heavy atom. The molecule has 1 saturated carbocycles. The molecule has 0 aromatic carbocycles. The molecule has 2 fully saturated rings. The van der Waals surface area contributed by atoms with Crippen LogP contribution in [0.3, 0.4) is 0 Å². The van der Waals surface area contributed by atoms with Crippen molar-refractivity contribution in [3.63, 3.8) is 0 Å². The average molecular weight is 270 g/mol. The molecule has 0 bridgehead atoms. The molecule has 1 saturated heterocycles. The third-order valence-electron chi connectivity index (χ3n) is 4.21. The van der Waals surface area contributed by atoms with E-state index in [0.29, 0.717) is 6.61 Å². The van der Waals surface area contributed by atoms with E-state index in [1.165, 1.54) is 12.8 Å². The van der Waals surface area contributed by atoms with E-state index in [0.717, 1.165) is 32.3 Å². The maximum Gasteiger partial charge on any atom is 0.315 e. The predicted molar refractivity (Wildman–Crippen MR) is 73.2 cm³/mol. The van der Waals surface area contributed by atoms with E-state index in [1.54, 1.807) is 7.11 Å². The highest BCUT2D eigenvalue weighted by Crippen LogP contribution is 2.21. The molecule has 2 aliphatic rings. The van der Waals surface area contributed by atoms with E-state index < -0.39 is 0 Å².